The first-order chi connectivity index (χ1) is 6.29. The molecule has 0 saturated heterocycles. The minimum Gasteiger partial charge on any atom is -0.275 e. The molecule has 13 heavy (non-hydrogen) atoms. The fourth-order valence-corrected chi connectivity index (χ4v) is 1.41. The third-order valence-corrected chi connectivity index (χ3v) is 2.17. The van der Waals surface area contributed by atoms with Crippen molar-refractivity contribution in [1.82, 2.24) is 10.2 Å². The summed E-state index contributed by atoms with van der Waals surface area (Å²) in [5.41, 5.74) is 4.48. The summed E-state index contributed by atoms with van der Waals surface area (Å²) in [6.45, 7) is 4.09. The van der Waals surface area contributed by atoms with Crippen LogP contribution in [0.15, 0.2) is 24.3 Å². The van der Waals surface area contributed by atoms with E-state index in [0.717, 1.165) is 11.3 Å². The molecule has 0 amide bonds. The summed E-state index contributed by atoms with van der Waals surface area (Å²) in [5.74, 6) is 0. The quantitative estimate of drug-likeness (QED) is 0.701. The Hall–Kier alpha value is -1.57. The molecular weight excluding hydrogens is 160 g/mol. The molecule has 0 aliphatic rings. The summed E-state index contributed by atoms with van der Waals surface area (Å²) in [4.78, 5) is 0. The fourth-order valence-electron chi connectivity index (χ4n) is 1.41. The zero-order chi connectivity index (χ0) is 9.26. The van der Waals surface area contributed by atoms with Gasteiger partial charge in [-0.2, -0.15) is 5.10 Å². The van der Waals surface area contributed by atoms with Crippen LogP contribution in [0.5, 0.6) is 0 Å². The molecule has 65 valence electrons. The van der Waals surface area contributed by atoms with E-state index in [-0.39, 0.29) is 0 Å². The number of H-pyrrole nitrogens is 1. The first kappa shape index (κ1) is 8.05. The van der Waals surface area contributed by atoms with E-state index < -0.39 is 0 Å². The average molecular weight is 171 g/mol. The highest BCUT2D eigenvalue weighted by atomic mass is 15.1. The number of aromatic nitrogens is 2. The maximum Gasteiger partial charge on any atom is 0.0959 e. The van der Waals surface area contributed by atoms with E-state index in [1.165, 1.54) is 11.1 Å². The Kier molecular flexibility index (Phi) is 1.89. The number of nitrogens with one attached hydrogen (secondary N) is 1. The summed E-state index contributed by atoms with van der Waals surface area (Å²) in [6.07, 6.45) is 2.96. The fraction of sp³-hybridized carbons (Fsp3) is 0.182. The zero-order valence-electron chi connectivity index (χ0n) is 7.76. The van der Waals surface area contributed by atoms with E-state index >= 15 is 0 Å². The Morgan fingerprint density at radius 2 is 2.00 bits per heavy atom. The van der Waals surface area contributed by atoms with Gasteiger partial charge in [0.25, 0.3) is 0 Å². The normalized spacial score (nSPS) is 10.3. The Bertz CT molecular complexity index is 416. The second kappa shape index (κ2) is 3.05. The van der Waals surface area contributed by atoms with Crippen molar-refractivity contribution in [1.29, 1.82) is 0 Å². The predicted molar refractivity (Wildman–Crippen MR) is 52.3 cm³/mol. The second-order valence-corrected chi connectivity index (χ2v) is 3.14. The lowest BCUT2D eigenvalue weighted by molar-refractivity contribution is 1.09. The largest absolute Gasteiger partial charge is 0.275 e. The maximum atomic E-state index is 4.17. The van der Waals surface area contributed by atoms with Crippen LogP contribution in [0.25, 0.3) is 11.3 Å². The maximum absolute atomic E-state index is 4.17. The van der Waals surface area contributed by atoms with E-state index in [0.29, 0.717) is 0 Å². The van der Waals surface area contributed by atoms with Gasteiger partial charge in [-0.05, 0) is 19.4 Å². The highest BCUT2D eigenvalue weighted by Gasteiger charge is 2.06. The number of hydrogen-bond donors (Lipinski definition) is 1. The molecule has 0 saturated carbocycles. The van der Waals surface area contributed by atoms with Gasteiger partial charge in [-0.1, -0.05) is 24.3 Å². The topological polar surface area (TPSA) is 28.7 Å². The molecule has 0 spiro atoms. The monoisotopic (exact) mass is 171 g/mol. The third-order valence-electron chi connectivity index (χ3n) is 2.17. The summed E-state index contributed by atoms with van der Waals surface area (Å²) < 4.78 is 0. The molecule has 2 aromatic rings. The van der Waals surface area contributed by atoms with Crippen molar-refractivity contribution in [2.45, 2.75) is 13.8 Å². The number of hydrogen-bond acceptors (Lipinski definition) is 1. The minimum atomic E-state index is 0.998. The highest BCUT2D eigenvalue weighted by molar-refractivity contribution is 5.65. The summed E-state index contributed by atoms with van der Waals surface area (Å²) in [6, 6.07) is 8.22. The van der Waals surface area contributed by atoms with Gasteiger partial charge in [-0.15, -0.1) is 0 Å². The van der Waals surface area contributed by atoms with Gasteiger partial charge in [-0.3, -0.25) is 5.10 Å². The van der Waals surface area contributed by atoms with Crippen LogP contribution in [-0.4, -0.2) is 10.2 Å². The number of benzene rings is 1. The van der Waals surface area contributed by atoms with Crippen LogP contribution >= 0.6 is 0 Å². The molecule has 1 aromatic heterocycles. The van der Waals surface area contributed by atoms with Crippen LogP contribution in [0, 0.1) is 20.0 Å². The van der Waals surface area contributed by atoms with E-state index in [1.807, 2.05) is 19.1 Å². The summed E-state index contributed by atoms with van der Waals surface area (Å²) in [7, 11) is 0. The highest BCUT2D eigenvalue weighted by Crippen LogP contribution is 2.22. The van der Waals surface area contributed by atoms with Crippen LogP contribution in [0.4, 0.5) is 0 Å². The number of nitrogens with zero attached hydrogens (tertiary/aromatic N) is 1. The van der Waals surface area contributed by atoms with Crippen molar-refractivity contribution in [3.8, 4) is 11.3 Å². The Labute approximate surface area is 77.6 Å². The first-order valence-corrected chi connectivity index (χ1v) is 4.27. The standard InChI is InChI=1S/C11H11N2/c1-8-5-3-4-6-10(8)11-9(2)7-12-13-11/h3-6H,1-2H3,(H,12,13). The van der Waals surface area contributed by atoms with Crippen LogP contribution in [-0.2, 0) is 0 Å². The lowest BCUT2D eigenvalue weighted by atomic mass is 10.0. The van der Waals surface area contributed by atoms with Crippen molar-refractivity contribution in [2.24, 2.45) is 0 Å². The van der Waals surface area contributed by atoms with Gasteiger partial charge in [0, 0.05) is 11.1 Å². The van der Waals surface area contributed by atoms with E-state index in [9.17, 15) is 0 Å². The molecule has 2 heteroatoms. The molecule has 1 N–H and O–H groups in total. The molecular formula is C11H11N2. The molecule has 2 rings (SSSR count). The van der Waals surface area contributed by atoms with Crippen molar-refractivity contribution >= 4 is 0 Å². The van der Waals surface area contributed by atoms with Crippen LogP contribution in [0.1, 0.15) is 11.1 Å². The van der Waals surface area contributed by atoms with E-state index in [4.69, 9.17) is 0 Å². The average Bonchev–Trinajstić information content (AvgIpc) is 2.52. The van der Waals surface area contributed by atoms with Crippen molar-refractivity contribution in [2.75, 3.05) is 0 Å². The van der Waals surface area contributed by atoms with E-state index in [2.05, 4.69) is 35.5 Å². The lowest BCUT2D eigenvalue weighted by Gasteiger charge is -2.01. The third kappa shape index (κ3) is 1.35. The molecule has 0 aliphatic carbocycles. The zero-order valence-corrected chi connectivity index (χ0v) is 7.76. The van der Waals surface area contributed by atoms with Gasteiger partial charge in [0.05, 0.1) is 11.9 Å². The van der Waals surface area contributed by atoms with Gasteiger partial charge >= 0.3 is 0 Å². The number of rotatable bonds is 1. The number of aryl methyl sites for hydroxylation is 2. The molecule has 1 aromatic carbocycles. The van der Waals surface area contributed by atoms with Crippen molar-refractivity contribution in [3.63, 3.8) is 0 Å². The van der Waals surface area contributed by atoms with Crippen LogP contribution in [0.2, 0.25) is 0 Å². The molecule has 0 atom stereocenters. The molecule has 0 bridgehead atoms. The summed E-state index contributed by atoms with van der Waals surface area (Å²) in [5, 5.41) is 6.92. The summed E-state index contributed by atoms with van der Waals surface area (Å²) >= 11 is 0. The first-order valence-electron chi connectivity index (χ1n) is 4.27. The molecule has 0 unspecified atom stereocenters. The Balaban J connectivity index is 2.59. The van der Waals surface area contributed by atoms with Gasteiger partial charge in [0.1, 0.15) is 0 Å². The molecule has 0 fully saturated rings. The van der Waals surface area contributed by atoms with Crippen molar-refractivity contribution < 1.29 is 0 Å². The SMILES string of the molecule is Cc1[c][nH]nc1-c1ccccc1C. The molecule has 2 nitrogen and oxygen atoms in total. The van der Waals surface area contributed by atoms with Gasteiger partial charge in [0.2, 0.25) is 0 Å². The Morgan fingerprint density at radius 1 is 1.23 bits per heavy atom. The molecule has 1 heterocycles. The second-order valence-electron chi connectivity index (χ2n) is 3.14. The van der Waals surface area contributed by atoms with Gasteiger partial charge < -0.3 is 0 Å². The molecule has 0 aliphatic heterocycles. The molecule has 1 radical (unpaired) electrons. The minimum absolute atomic E-state index is 0.998. The van der Waals surface area contributed by atoms with Crippen LogP contribution < -0.4 is 0 Å². The van der Waals surface area contributed by atoms with Gasteiger partial charge in [-0.25, -0.2) is 0 Å². The van der Waals surface area contributed by atoms with Crippen LogP contribution in [0.3, 0.4) is 0 Å². The van der Waals surface area contributed by atoms with Crippen molar-refractivity contribution in [3.05, 3.63) is 41.6 Å². The predicted octanol–water partition coefficient (Wildman–Crippen LogP) is 2.49. The smallest absolute Gasteiger partial charge is 0.0959 e. The van der Waals surface area contributed by atoms with Gasteiger partial charge in [0.15, 0.2) is 0 Å². The lowest BCUT2D eigenvalue weighted by Crippen LogP contribution is -1.84. The Morgan fingerprint density at radius 3 is 2.62 bits per heavy atom. The van der Waals surface area contributed by atoms with E-state index in [1.54, 1.807) is 0 Å². The number of aromatic amines is 1.